The van der Waals surface area contributed by atoms with Gasteiger partial charge in [-0.25, -0.2) is 15.0 Å². The van der Waals surface area contributed by atoms with Gasteiger partial charge in [0, 0.05) is 25.7 Å². The maximum atomic E-state index is 4.30. The molecule has 3 rings (SSSR count). The van der Waals surface area contributed by atoms with Crippen molar-refractivity contribution in [2.45, 2.75) is 13.0 Å². The molecule has 0 aliphatic carbocycles. The summed E-state index contributed by atoms with van der Waals surface area (Å²) in [6.45, 7) is 1.57. The van der Waals surface area contributed by atoms with Crippen molar-refractivity contribution in [3.63, 3.8) is 0 Å². The number of nitrogens with zero attached hydrogens (tertiary/aromatic N) is 5. The van der Waals surface area contributed by atoms with Gasteiger partial charge in [-0.3, -0.25) is 9.50 Å². The molecule has 0 amide bonds. The van der Waals surface area contributed by atoms with E-state index in [0.29, 0.717) is 0 Å². The van der Waals surface area contributed by atoms with Crippen molar-refractivity contribution in [1.82, 2.24) is 34.9 Å². The zero-order valence-electron chi connectivity index (χ0n) is 10.0. The summed E-state index contributed by atoms with van der Waals surface area (Å²) in [7, 11) is 0. The van der Waals surface area contributed by atoms with E-state index in [1.165, 1.54) is 6.33 Å². The number of hydrogen-bond acceptors (Lipinski definition) is 5. The maximum absolute atomic E-state index is 4.30. The van der Waals surface area contributed by atoms with Crippen molar-refractivity contribution in [1.29, 1.82) is 0 Å². The Morgan fingerprint density at radius 2 is 2.21 bits per heavy atom. The number of aromatic amines is 1. The maximum Gasteiger partial charge on any atom is 0.155 e. The van der Waals surface area contributed by atoms with Crippen LogP contribution in [0.3, 0.4) is 0 Å². The molecule has 3 heterocycles. The fraction of sp³-hybridized carbons (Fsp3) is 0.273. The molecule has 0 unspecified atom stereocenters. The quantitative estimate of drug-likeness (QED) is 0.683. The Morgan fingerprint density at radius 3 is 3.05 bits per heavy atom. The molecule has 0 saturated carbocycles. The first-order chi connectivity index (χ1) is 9.33. The van der Waals surface area contributed by atoms with E-state index >= 15 is 0 Å². The molecule has 0 aliphatic heterocycles. The molecule has 98 valence electrons. The van der Waals surface area contributed by atoms with Crippen molar-refractivity contribution in [2.24, 2.45) is 0 Å². The van der Waals surface area contributed by atoms with E-state index in [4.69, 9.17) is 0 Å². The summed E-state index contributed by atoms with van der Waals surface area (Å²) in [6.07, 6.45) is 7.84. The summed E-state index contributed by atoms with van der Waals surface area (Å²) < 4.78 is 2.80. The SMILES string of the molecule is Brc1cn2c(CNCCc3ncn[nH]3)cnc2cn1. The van der Waals surface area contributed by atoms with Crippen molar-refractivity contribution < 1.29 is 0 Å². The predicted molar refractivity (Wildman–Crippen MR) is 72.5 cm³/mol. The van der Waals surface area contributed by atoms with Gasteiger partial charge >= 0.3 is 0 Å². The smallest absolute Gasteiger partial charge is 0.155 e. The Balaban J connectivity index is 1.60. The fourth-order valence-corrected chi connectivity index (χ4v) is 2.13. The third-order valence-corrected chi connectivity index (χ3v) is 3.16. The number of fused-ring (bicyclic) bond motifs is 1. The van der Waals surface area contributed by atoms with Crippen LogP contribution in [0.1, 0.15) is 11.5 Å². The molecule has 0 atom stereocenters. The largest absolute Gasteiger partial charge is 0.311 e. The normalized spacial score (nSPS) is 11.2. The van der Waals surface area contributed by atoms with E-state index in [2.05, 4.69) is 46.4 Å². The topological polar surface area (TPSA) is 83.8 Å². The van der Waals surface area contributed by atoms with E-state index in [1.54, 1.807) is 6.20 Å². The minimum absolute atomic E-state index is 0.742. The van der Waals surface area contributed by atoms with Gasteiger partial charge < -0.3 is 5.32 Å². The van der Waals surface area contributed by atoms with Crippen molar-refractivity contribution >= 4 is 21.6 Å². The van der Waals surface area contributed by atoms with Gasteiger partial charge in [-0.1, -0.05) is 0 Å². The van der Waals surface area contributed by atoms with Crippen LogP contribution in [0.25, 0.3) is 5.65 Å². The molecule has 0 spiro atoms. The Labute approximate surface area is 117 Å². The molecule has 0 bridgehead atoms. The second-order valence-corrected chi connectivity index (χ2v) is 4.86. The molecule has 3 aromatic rings. The van der Waals surface area contributed by atoms with Gasteiger partial charge in [0.2, 0.25) is 0 Å². The lowest BCUT2D eigenvalue weighted by Gasteiger charge is -2.03. The highest BCUT2D eigenvalue weighted by atomic mass is 79.9. The number of nitrogens with one attached hydrogen (secondary N) is 2. The highest BCUT2D eigenvalue weighted by Crippen LogP contribution is 2.10. The van der Waals surface area contributed by atoms with Crippen LogP contribution in [0.2, 0.25) is 0 Å². The molecule has 0 radical (unpaired) electrons. The van der Waals surface area contributed by atoms with Crippen molar-refractivity contribution in [3.8, 4) is 0 Å². The molecule has 7 nitrogen and oxygen atoms in total. The highest BCUT2D eigenvalue weighted by Gasteiger charge is 2.04. The standard InChI is InChI=1S/C11H12BrN7/c12-9-6-19-8(4-15-11(19)5-14-9)3-13-2-1-10-16-7-17-18-10/h4-7,13H,1-3H2,(H,16,17,18). The third kappa shape index (κ3) is 2.79. The number of rotatable bonds is 5. The molecular formula is C11H12BrN7. The van der Waals surface area contributed by atoms with Crippen molar-refractivity contribution in [2.75, 3.05) is 6.54 Å². The minimum atomic E-state index is 0.742. The van der Waals surface area contributed by atoms with Crippen LogP contribution in [-0.4, -0.2) is 36.1 Å². The van der Waals surface area contributed by atoms with Crippen molar-refractivity contribution in [3.05, 3.63) is 41.0 Å². The van der Waals surface area contributed by atoms with Crippen LogP contribution < -0.4 is 5.32 Å². The third-order valence-electron chi connectivity index (χ3n) is 2.75. The average molecular weight is 322 g/mol. The van der Waals surface area contributed by atoms with Crippen LogP contribution in [0.4, 0.5) is 0 Å². The van der Waals surface area contributed by atoms with Crippen LogP contribution in [-0.2, 0) is 13.0 Å². The van der Waals surface area contributed by atoms with Gasteiger partial charge in [0.1, 0.15) is 16.8 Å². The van der Waals surface area contributed by atoms with Gasteiger partial charge in [-0.15, -0.1) is 0 Å². The molecule has 0 aliphatic rings. The zero-order valence-corrected chi connectivity index (χ0v) is 11.6. The number of hydrogen-bond donors (Lipinski definition) is 2. The van der Waals surface area contributed by atoms with Gasteiger partial charge in [-0.05, 0) is 15.9 Å². The average Bonchev–Trinajstić information content (AvgIpc) is 3.04. The second kappa shape index (κ2) is 5.45. The molecule has 2 N–H and O–H groups in total. The van der Waals surface area contributed by atoms with Crippen LogP contribution >= 0.6 is 15.9 Å². The molecule has 3 aromatic heterocycles. The lowest BCUT2D eigenvalue weighted by atomic mass is 10.4. The van der Waals surface area contributed by atoms with Crippen LogP contribution in [0.5, 0.6) is 0 Å². The van der Waals surface area contributed by atoms with Gasteiger partial charge in [0.25, 0.3) is 0 Å². The first-order valence-electron chi connectivity index (χ1n) is 5.85. The first-order valence-corrected chi connectivity index (χ1v) is 6.64. The Bertz CT molecular complexity index is 661. The molecule has 0 fully saturated rings. The summed E-state index contributed by atoms with van der Waals surface area (Å²) >= 11 is 3.36. The molecule has 0 aromatic carbocycles. The summed E-state index contributed by atoms with van der Waals surface area (Å²) in [5.41, 5.74) is 1.94. The van der Waals surface area contributed by atoms with E-state index in [0.717, 1.165) is 41.3 Å². The van der Waals surface area contributed by atoms with Gasteiger partial charge in [-0.2, -0.15) is 5.10 Å². The van der Waals surface area contributed by atoms with Crippen LogP contribution in [0, 0.1) is 0 Å². The molecular weight excluding hydrogens is 310 g/mol. The lowest BCUT2D eigenvalue weighted by molar-refractivity contribution is 0.657. The number of H-pyrrole nitrogens is 1. The Kier molecular flexibility index (Phi) is 3.51. The number of halogens is 1. The highest BCUT2D eigenvalue weighted by molar-refractivity contribution is 9.10. The Morgan fingerprint density at radius 1 is 1.26 bits per heavy atom. The number of imidazole rings is 1. The predicted octanol–water partition coefficient (Wildman–Crippen LogP) is 0.942. The molecule has 8 heteroatoms. The first kappa shape index (κ1) is 12.2. The summed E-state index contributed by atoms with van der Waals surface area (Å²) in [5, 5.41) is 10.00. The molecule has 19 heavy (non-hydrogen) atoms. The zero-order chi connectivity index (χ0) is 13.1. The monoisotopic (exact) mass is 321 g/mol. The summed E-state index contributed by atoms with van der Waals surface area (Å²) in [4.78, 5) is 12.5. The summed E-state index contributed by atoms with van der Waals surface area (Å²) in [5.74, 6) is 0.887. The van der Waals surface area contributed by atoms with Crippen LogP contribution in [0.15, 0.2) is 29.5 Å². The van der Waals surface area contributed by atoms with Gasteiger partial charge in [0.15, 0.2) is 5.65 Å². The van der Waals surface area contributed by atoms with Gasteiger partial charge in [0.05, 0.1) is 18.1 Å². The molecule has 0 saturated heterocycles. The number of aromatic nitrogens is 6. The summed E-state index contributed by atoms with van der Waals surface area (Å²) in [6, 6.07) is 0. The Hall–Kier alpha value is -1.80. The van der Waals surface area contributed by atoms with E-state index in [1.807, 2.05) is 16.8 Å². The van der Waals surface area contributed by atoms with E-state index < -0.39 is 0 Å². The fourth-order valence-electron chi connectivity index (χ4n) is 1.82. The second-order valence-electron chi connectivity index (χ2n) is 4.05. The lowest BCUT2D eigenvalue weighted by Crippen LogP contribution is -2.18. The van der Waals surface area contributed by atoms with E-state index in [-0.39, 0.29) is 0 Å². The van der Waals surface area contributed by atoms with E-state index in [9.17, 15) is 0 Å². The minimum Gasteiger partial charge on any atom is -0.311 e.